The summed E-state index contributed by atoms with van der Waals surface area (Å²) in [4.78, 5) is 22.7. The minimum Gasteiger partial charge on any atom is -0.497 e. The molecule has 1 amide bonds. The van der Waals surface area contributed by atoms with Gasteiger partial charge in [-0.05, 0) is 18.2 Å². The van der Waals surface area contributed by atoms with Crippen LogP contribution in [-0.4, -0.2) is 42.2 Å². The number of halogens is 4. The van der Waals surface area contributed by atoms with Gasteiger partial charge in [0, 0.05) is 17.1 Å². The monoisotopic (exact) mass is 369 g/mol. The molecule has 0 aliphatic carbocycles. The number of aliphatic carboxylic acids is 1. The second kappa shape index (κ2) is 6.33. The van der Waals surface area contributed by atoms with E-state index in [2.05, 4.69) is 15.9 Å². The molecule has 116 valence electrons. The molecule has 21 heavy (non-hydrogen) atoms. The van der Waals surface area contributed by atoms with Gasteiger partial charge in [0.25, 0.3) is 0 Å². The Kier molecular flexibility index (Phi) is 5.21. The smallest absolute Gasteiger partial charge is 0.471 e. The maximum absolute atomic E-state index is 12.5. The van der Waals surface area contributed by atoms with Gasteiger partial charge in [0.05, 0.1) is 7.11 Å². The minimum atomic E-state index is -5.16. The van der Waals surface area contributed by atoms with E-state index in [1.807, 2.05) is 0 Å². The van der Waals surface area contributed by atoms with Crippen LogP contribution in [0.4, 0.5) is 13.2 Å². The van der Waals surface area contributed by atoms with Crippen molar-refractivity contribution in [3.05, 3.63) is 28.2 Å². The molecule has 0 aliphatic heterocycles. The summed E-state index contributed by atoms with van der Waals surface area (Å²) in [5.41, 5.74) is -0.0260. The van der Waals surface area contributed by atoms with Crippen molar-refractivity contribution >= 4 is 27.8 Å². The zero-order valence-electron chi connectivity index (χ0n) is 10.9. The fourth-order valence-electron chi connectivity index (χ4n) is 1.68. The number of likely N-dealkylation sites (N-methyl/N-ethyl adjacent to an activating group) is 1. The Morgan fingerprint density at radius 1 is 1.38 bits per heavy atom. The van der Waals surface area contributed by atoms with Crippen molar-refractivity contribution in [2.45, 2.75) is 12.2 Å². The van der Waals surface area contributed by atoms with Crippen molar-refractivity contribution in [3.8, 4) is 5.75 Å². The third kappa shape index (κ3) is 3.87. The number of carboxylic acid groups (broad SMARTS) is 1. The average molecular weight is 370 g/mol. The largest absolute Gasteiger partial charge is 0.497 e. The molecule has 0 bridgehead atoms. The van der Waals surface area contributed by atoms with Crippen LogP contribution in [0.25, 0.3) is 0 Å². The minimum absolute atomic E-state index is 0.0260. The molecule has 0 spiro atoms. The summed E-state index contributed by atoms with van der Waals surface area (Å²) >= 11 is 3.06. The quantitative estimate of drug-likeness (QED) is 0.885. The third-order valence-electron chi connectivity index (χ3n) is 2.68. The standard InChI is InChI=1S/C12H11BrF3NO4/c1-17(11(20)12(14,15)16)9(10(18)19)7-5-6(21-2)3-4-8(7)13/h3-5,9H,1-2H3,(H,18,19). The van der Waals surface area contributed by atoms with Crippen LogP contribution in [0.1, 0.15) is 11.6 Å². The van der Waals surface area contributed by atoms with Crippen molar-refractivity contribution in [1.82, 2.24) is 4.90 Å². The first-order valence-electron chi connectivity index (χ1n) is 5.49. The molecule has 9 heteroatoms. The van der Waals surface area contributed by atoms with Gasteiger partial charge in [0.1, 0.15) is 5.75 Å². The van der Waals surface area contributed by atoms with Crippen LogP contribution in [0, 0.1) is 0 Å². The van der Waals surface area contributed by atoms with Gasteiger partial charge in [0.2, 0.25) is 0 Å². The highest BCUT2D eigenvalue weighted by Crippen LogP contribution is 2.33. The van der Waals surface area contributed by atoms with Crippen LogP contribution in [0.2, 0.25) is 0 Å². The number of hydrogen-bond donors (Lipinski definition) is 1. The van der Waals surface area contributed by atoms with Crippen molar-refractivity contribution in [2.24, 2.45) is 0 Å². The average Bonchev–Trinajstić information content (AvgIpc) is 2.38. The number of benzene rings is 1. The number of alkyl halides is 3. The number of nitrogens with zero attached hydrogens (tertiary/aromatic N) is 1. The molecule has 0 aliphatic rings. The molecular formula is C12H11BrF3NO4. The van der Waals surface area contributed by atoms with Crippen LogP contribution in [0.5, 0.6) is 5.75 Å². The number of methoxy groups -OCH3 is 1. The van der Waals surface area contributed by atoms with Gasteiger partial charge in [-0.2, -0.15) is 13.2 Å². The lowest BCUT2D eigenvalue weighted by atomic mass is 10.1. The van der Waals surface area contributed by atoms with Gasteiger partial charge in [-0.25, -0.2) is 4.79 Å². The molecule has 0 fully saturated rings. The maximum atomic E-state index is 12.5. The molecule has 0 saturated heterocycles. The summed E-state index contributed by atoms with van der Waals surface area (Å²) in [5, 5.41) is 9.18. The van der Waals surface area contributed by atoms with E-state index >= 15 is 0 Å². The first-order chi connectivity index (χ1) is 9.59. The van der Waals surface area contributed by atoms with E-state index in [-0.39, 0.29) is 20.7 Å². The van der Waals surface area contributed by atoms with Crippen LogP contribution in [-0.2, 0) is 9.59 Å². The fraction of sp³-hybridized carbons (Fsp3) is 0.333. The predicted octanol–water partition coefficient (Wildman–Crippen LogP) is 2.60. The van der Waals surface area contributed by atoms with Gasteiger partial charge >= 0.3 is 18.1 Å². The van der Waals surface area contributed by atoms with Crippen molar-refractivity contribution in [1.29, 1.82) is 0 Å². The summed E-state index contributed by atoms with van der Waals surface area (Å²) < 4.78 is 42.5. The Balaban J connectivity index is 3.31. The number of rotatable bonds is 4. The Hall–Kier alpha value is -1.77. The van der Waals surface area contributed by atoms with E-state index < -0.39 is 24.1 Å². The highest BCUT2D eigenvalue weighted by molar-refractivity contribution is 9.10. The first kappa shape index (κ1) is 17.3. The lowest BCUT2D eigenvalue weighted by molar-refractivity contribution is -0.188. The van der Waals surface area contributed by atoms with Crippen molar-refractivity contribution in [3.63, 3.8) is 0 Å². The van der Waals surface area contributed by atoms with Crippen LogP contribution >= 0.6 is 15.9 Å². The van der Waals surface area contributed by atoms with Gasteiger partial charge in [-0.3, -0.25) is 4.79 Å². The normalized spacial score (nSPS) is 12.7. The SMILES string of the molecule is COc1ccc(Br)c(C(C(=O)O)N(C)C(=O)C(F)(F)F)c1. The lowest BCUT2D eigenvalue weighted by Gasteiger charge is -2.26. The molecule has 0 aromatic heterocycles. The molecule has 5 nitrogen and oxygen atoms in total. The van der Waals surface area contributed by atoms with E-state index in [1.54, 1.807) is 0 Å². The summed E-state index contributed by atoms with van der Waals surface area (Å²) in [6.45, 7) is 0. The Labute approximate surface area is 126 Å². The second-order valence-corrected chi connectivity index (χ2v) is 4.90. The molecular weight excluding hydrogens is 359 g/mol. The molecule has 1 atom stereocenters. The zero-order chi connectivity index (χ0) is 16.4. The highest BCUT2D eigenvalue weighted by atomic mass is 79.9. The predicted molar refractivity (Wildman–Crippen MR) is 69.9 cm³/mol. The maximum Gasteiger partial charge on any atom is 0.471 e. The molecule has 1 aromatic rings. The molecule has 1 rings (SSSR count). The van der Waals surface area contributed by atoms with E-state index in [4.69, 9.17) is 4.74 Å². The molecule has 0 heterocycles. The topological polar surface area (TPSA) is 66.8 Å². The Morgan fingerprint density at radius 3 is 2.38 bits per heavy atom. The zero-order valence-corrected chi connectivity index (χ0v) is 12.5. The van der Waals surface area contributed by atoms with Crippen molar-refractivity contribution in [2.75, 3.05) is 14.2 Å². The molecule has 0 radical (unpaired) electrons. The van der Waals surface area contributed by atoms with Crippen LogP contribution < -0.4 is 4.74 Å². The number of carbonyl (C=O) groups excluding carboxylic acids is 1. The molecule has 1 N–H and O–H groups in total. The Bertz CT molecular complexity index is 562. The summed E-state index contributed by atoms with van der Waals surface area (Å²) in [6.07, 6.45) is -5.16. The first-order valence-corrected chi connectivity index (χ1v) is 6.29. The highest BCUT2D eigenvalue weighted by Gasteiger charge is 2.45. The summed E-state index contributed by atoms with van der Waals surface area (Å²) in [5.74, 6) is -3.58. The van der Waals surface area contributed by atoms with E-state index in [0.29, 0.717) is 0 Å². The van der Waals surface area contributed by atoms with E-state index in [0.717, 1.165) is 7.05 Å². The third-order valence-corrected chi connectivity index (χ3v) is 3.40. The van der Waals surface area contributed by atoms with E-state index in [1.165, 1.54) is 25.3 Å². The summed E-state index contributed by atoms with van der Waals surface area (Å²) in [6, 6.07) is 2.38. The van der Waals surface area contributed by atoms with Gasteiger partial charge in [-0.15, -0.1) is 0 Å². The van der Waals surface area contributed by atoms with Gasteiger partial charge < -0.3 is 14.7 Å². The van der Waals surface area contributed by atoms with E-state index in [9.17, 15) is 27.9 Å². The Morgan fingerprint density at radius 2 is 1.95 bits per heavy atom. The number of carboxylic acids is 1. The molecule has 1 aromatic carbocycles. The van der Waals surface area contributed by atoms with Crippen LogP contribution in [0.15, 0.2) is 22.7 Å². The fourth-order valence-corrected chi connectivity index (χ4v) is 2.15. The summed E-state index contributed by atoms with van der Waals surface area (Å²) in [7, 11) is 2.11. The van der Waals surface area contributed by atoms with Crippen LogP contribution in [0.3, 0.4) is 0 Å². The van der Waals surface area contributed by atoms with Gasteiger partial charge in [-0.1, -0.05) is 15.9 Å². The van der Waals surface area contributed by atoms with Crippen molar-refractivity contribution < 1.29 is 32.6 Å². The number of hydrogen-bond acceptors (Lipinski definition) is 3. The van der Waals surface area contributed by atoms with Gasteiger partial charge in [0.15, 0.2) is 6.04 Å². The molecule has 1 unspecified atom stereocenters. The molecule has 0 saturated carbocycles. The number of ether oxygens (including phenoxy) is 1. The number of amides is 1. The lowest BCUT2D eigenvalue weighted by Crippen LogP contribution is -2.43. The number of carbonyl (C=O) groups is 2. The second-order valence-electron chi connectivity index (χ2n) is 4.04.